The van der Waals surface area contributed by atoms with Crippen molar-refractivity contribution in [3.63, 3.8) is 0 Å². The monoisotopic (exact) mass is 796 g/mol. The molecule has 2 atom stereocenters. The third-order valence-corrected chi connectivity index (χ3v) is 9.24. The Morgan fingerprint density at radius 2 is 1.02 bits per heavy atom. The number of hydrogen-bond donors (Lipinski definition) is 3. The van der Waals surface area contributed by atoms with Gasteiger partial charge in [-0.25, -0.2) is 14.4 Å². The first kappa shape index (κ1) is 42.8. The molecule has 0 aliphatic carbocycles. The van der Waals surface area contributed by atoms with E-state index in [-0.39, 0.29) is 13.0 Å². The van der Waals surface area contributed by atoms with E-state index in [1.165, 1.54) is 6.92 Å². The molecule has 6 aromatic carbocycles. The molecule has 0 unspecified atom stereocenters. The number of benzene rings is 6. The number of alkyl carbamates (subject to hydrolysis) is 1. The van der Waals surface area contributed by atoms with Crippen LogP contribution in [0.25, 0.3) is 21.5 Å². The number of ether oxygens (including phenoxy) is 3. The average molecular weight is 797 g/mol. The molecule has 0 fully saturated rings. The summed E-state index contributed by atoms with van der Waals surface area (Å²) >= 11 is 0. The summed E-state index contributed by atoms with van der Waals surface area (Å²) in [5.41, 5.74) is 4.02. The number of carboxylic acids is 1. The van der Waals surface area contributed by atoms with Crippen molar-refractivity contribution in [2.45, 2.75) is 45.9 Å². The maximum Gasteiger partial charge on any atom is 0.408 e. The maximum atomic E-state index is 12.7. The van der Waals surface area contributed by atoms with Crippen LogP contribution in [0.2, 0.25) is 0 Å². The minimum absolute atomic E-state index is 0.0673. The molecule has 12 nitrogen and oxygen atoms in total. The van der Waals surface area contributed by atoms with Crippen LogP contribution in [0.4, 0.5) is 4.79 Å². The molecule has 0 aliphatic heterocycles. The lowest BCUT2D eigenvalue weighted by Crippen LogP contribution is -2.51. The van der Waals surface area contributed by atoms with Crippen LogP contribution >= 0.6 is 0 Å². The van der Waals surface area contributed by atoms with Crippen LogP contribution < -0.4 is 10.6 Å². The van der Waals surface area contributed by atoms with Crippen LogP contribution in [-0.2, 0) is 41.6 Å². The van der Waals surface area contributed by atoms with Gasteiger partial charge in [0.15, 0.2) is 13.2 Å². The Morgan fingerprint density at radius 3 is 1.51 bits per heavy atom. The number of amides is 2. The van der Waals surface area contributed by atoms with E-state index in [2.05, 4.69) is 10.6 Å². The Bertz CT molecular complexity index is 2350. The van der Waals surface area contributed by atoms with Gasteiger partial charge >= 0.3 is 24.0 Å². The fourth-order valence-electron chi connectivity index (χ4n) is 6.12. The first-order chi connectivity index (χ1) is 28.4. The quantitative estimate of drug-likeness (QED) is 0.0749. The van der Waals surface area contributed by atoms with Gasteiger partial charge in [-0.2, -0.15) is 0 Å². The number of rotatable bonds is 14. The van der Waals surface area contributed by atoms with Crippen LogP contribution in [0, 0.1) is 13.8 Å². The summed E-state index contributed by atoms with van der Waals surface area (Å²) in [5, 5.41) is 17.2. The number of aryl methyl sites for hydroxylation is 2. The van der Waals surface area contributed by atoms with Gasteiger partial charge in [0.05, 0.1) is 11.1 Å². The highest BCUT2D eigenvalue weighted by Gasteiger charge is 2.25. The molecule has 0 radical (unpaired) electrons. The van der Waals surface area contributed by atoms with Gasteiger partial charge in [-0.05, 0) is 64.6 Å². The Labute approximate surface area is 341 Å². The number of nitrogens with one attached hydrogen (secondary N) is 2. The van der Waals surface area contributed by atoms with Crippen molar-refractivity contribution in [3.8, 4) is 0 Å². The predicted molar refractivity (Wildman–Crippen MR) is 222 cm³/mol. The minimum atomic E-state index is -1.16. The zero-order valence-corrected chi connectivity index (χ0v) is 32.8. The number of carbonyl (C=O) groups excluding carboxylic acids is 5. The molecule has 0 bridgehead atoms. The molecule has 6 rings (SSSR count). The lowest BCUT2D eigenvalue weighted by molar-refractivity contribution is -0.141. The van der Waals surface area contributed by atoms with Crippen molar-refractivity contribution in [1.29, 1.82) is 0 Å². The first-order valence-electron chi connectivity index (χ1n) is 18.8. The van der Waals surface area contributed by atoms with Crippen molar-refractivity contribution in [1.82, 2.24) is 10.6 Å². The number of carboxylic acid groups (broad SMARTS) is 1. The third-order valence-electron chi connectivity index (χ3n) is 9.24. The zero-order valence-electron chi connectivity index (χ0n) is 32.8. The number of ketones is 1. The van der Waals surface area contributed by atoms with Crippen molar-refractivity contribution in [2.75, 3.05) is 13.2 Å². The molecule has 0 aliphatic rings. The summed E-state index contributed by atoms with van der Waals surface area (Å²) in [4.78, 5) is 73.1. The molecule has 59 heavy (non-hydrogen) atoms. The molecule has 3 N–H and O–H groups in total. The highest BCUT2D eigenvalue weighted by atomic mass is 16.6. The Morgan fingerprint density at radius 1 is 0.559 bits per heavy atom. The Kier molecular flexibility index (Phi) is 15.0. The van der Waals surface area contributed by atoms with Crippen molar-refractivity contribution in [2.24, 2.45) is 0 Å². The van der Waals surface area contributed by atoms with Crippen LogP contribution in [0.15, 0.2) is 133 Å². The lowest BCUT2D eigenvalue weighted by atomic mass is 10.00. The molecule has 0 spiro atoms. The summed E-state index contributed by atoms with van der Waals surface area (Å²) in [7, 11) is 0. The molecule has 0 saturated carbocycles. The zero-order chi connectivity index (χ0) is 42.3. The molecular formula is C47H44N2O10. The van der Waals surface area contributed by atoms with Gasteiger partial charge in [-0.3, -0.25) is 14.4 Å². The largest absolute Gasteiger partial charge is 0.480 e. The highest BCUT2D eigenvalue weighted by molar-refractivity contribution is 6.07. The Balaban J connectivity index is 0.000000228. The summed E-state index contributed by atoms with van der Waals surface area (Å²) in [6, 6.07) is 38.7. The molecule has 2 amide bonds. The third kappa shape index (κ3) is 12.1. The topological polar surface area (TPSA) is 174 Å². The maximum absolute atomic E-state index is 12.7. The van der Waals surface area contributed by atoms with Crippen LogP contribution in [0.1, 0.15) is 49.9 Å². The van der Waals surface area contributed by atoms with Gasteiger partial charge in [-0.1, -0.05) is 133 Å². The van der Waals surface area contributed by atoms with Crippen molar-refractivity contribution < 1.29 is 48.1 Å². The molecule has 0 aromatic heterocycles. The standard InChI is InChI=1S/C27H22O5.C20H22N2O5/c1-17-11-13-19-7-3-5-9-22(19)24(17)26(29)31-15-21(28)16-32-27(30)25-18(2)12-14-20-8-4-6-10-23(20)25;1-14(19(24)25)21-18(23)17(12-15-8-4-2-5-9-15)22-20(26)27-13-16-10-6-3-7-11-16/h3-14H,15-16H2,1-2H3;2-11,14,17H,12-13H2,1H3,(H,21,23)(H,22,26)(H,24,25)/t;14-,17-/m.0/s1. The molecule has 12 heteroatoms. The van der Waals surface area contributed by atoms with Crippen LogP contribution in [-0.4, -0.2) is 66.1 Å². The normalized spacial score (nSPS) is 11.6. The van der Waals surface area contributed by atoms with Crippen LogP contribution in [0.3, 0.4) is 0 Å². The molecular weight excluding hydrogens is 753 g/mol. The minimum Gasteiger partial charge on any atom is -0.480 e. The summed E-state index contributed by atoms with van der Waals surface area (Å²) < 4.78 is 15.6. The molecule has 6 aromatic rings. The van der Waals surface area contributed by atoms with Crippen molar-refractivity contribution in [3.05, 3.63) is 167 Å². The Hall–Kier alpha value is -7.34. The number of aliphatic carboxylic acids is 1. The second kappa shape index (κ2) is 20.7. The molecule has 302 valence electrons. The summed E-state index contributed by atoms with van der Waals surface area (Å²) in [6.45, 7) is 4.12. The van der Waals surface area contributed by atoms with E-state index >= 15 is 0 Å². The number of hydrogen-bond acceptors (Lipinski definition) is 9. The molecule has 0 saturated heterocycles. The van der Waals surface area contributed by atoms with E-state index in [0.717, 1.165) is 43.8 Å². The van der Waals surface area contributed by atoms with E-state index in [1.807, 2.05) is 147 Å². The number of Topliss-reactive ketones (excluding diaryl/α,β-unsaturated/α-hetero) is 1. The second-order valence-electron chi connectivity index (χ2n) is 13.7. The van der Waals surface area contributed by atoms with Gasteiger partial charge in [0, 0.05) is 6.42 Å². The van der Waals surface area contributed by atoms with E-state index < -0.39 is 61.0 Å². The smallest absolute Gasteiger partial charge is 0.408 e. The number of carbonyl (C=O) groups is 6. The highest BCUT2D eigenvalue weighted by Crippen LogP contribution is 2.24. The second-order valence-corrected chi connectivity index (χ2v) is 13.7. The van der Waals surface area contributed by atoms with E-state index in [1.54, 1.807) is 0 Å². The molecule has 0 heterocycles. The predicted octanol–water partition coefficient (Wildman–Crippen LogP) is 7.31. The van der Waals surface area contributed by atoms with Gasteiger partial charge in [0.2, 0.25) is 11.7 Å². The fraction of sp³-hybridized carbons (Fsp3) is 0.191. The van der Waals surface area contributed by atoms with Gasteiger partial charge in [-0.15, -0.1) is 0 Å². The average Bonchev–Trinajstić information content (AvgIpc) is 3.24. The van der Waals surface area contributed by atoms with Gasteiger partial charge in [0.1, 0.15) is 18.7 Å². The van der Waals surface area contributed by atoms with E-state index in [4.69, 9.17) is 19.3 Å². The lowest BCUT2D eigenvalue weighted by Gasteiger charge is -2.20. The fourth-order valence-corrected chi connectivity index (χ4v) is 6.12. The number of esters is 2. The van der Waals surface area contributed by atoms with E-state index in [0.29, 0.717) is 11.1 Å². The van der Waals surface area contributed by atoms with E-state index in [9.17, 15) is 28.8 Å². The van der Waals surface area contributed by atoms with Gasteiger partial charge < -0.3 is 30.0 Å². The number of fused-ring (bicyclic) bond motifs is 2. The summed E-state index contributed by atoms with van der Waals surface area (Å²) in [5.74, 6) is -3.41. The van der Waals surface area contributed by atoms with Crippen molar-refractivity contribution >= 4 is 57.2 Å². The summed E-state index contributed by atoms with van der Waals surface area (Å²) in [6.07, 6.45) is -0.544. The first-order valence-corrected chi connectivity index (χ1v) is 18.8. The SMILES string of the molecule is C[C@H](NC(=O)[C@H](Cc1ccccc1)NC(=O)OCc1ccccc1)C(=O)O.Cc1ccc2ccccc2c1C(=O)OCC(=O)COC(=O)c1c(C)ccc2ccccc12. The van der Waals surface area contributed by atoms with Crippen LogP contribution in [0.5, 0.6) is 0 Å². The van der Waals surface area contributed by atoms with Gasteiger partial charge in [0.25, 0.3) is 0 Å².